The van der Waals surface area contributed by atoms with Crippen molar-refractivity contribution in [3.63, 3.8) is 0 Å². The molecule has 0 unspecified atom stereocenters. The van der Waals surface area contributed by atoms with Crippen LogP contribution in [0.3, 0.4) is 0 Å². The van der Waals surface area contributed by atoms with Gasteiger partial charge in [-0.25, -0.2) is 4.39 Å². The van der Waals surface area contributed by atoms with Crippen molar-refractivity contribution in [2.24, 2.45) is 0 Å². The minimum Gasteiger partial charge on any atom is -0.403 e. The molecule has 0 aliphatic carbocycles. The summed E-state index contributed by atoms with van der Waals surface area (Å²) in [7, 11) is -0.948. The Hall–Kier alpha value is -0.485. The third kappa shape index (κ3) is 2.55. The Kier molecular flexibility index (Phi) is 3.21. The van der Waals surface area contributed by atoms with E-state index >= 15 is 0 Å². The van der Waals surface area contributed by atoms with Crippen LogP contribution in [0.15, 0.2) is 11.9 Å². The molecule has 86 valence electrons. The van der Waals surface area contributed by atoms with Gasteiger partial charge in [0.1, 0.15) is 0 Å². The molecule has 0 bridgehead atoms. The van der Waals surface area contributed by atoms with E-state index in [9.17, 15) is 13.2 Å². The summed E-state index contributed by atoms with van der Waals surface area (Å²) in [6, 6.07) is 0. The van der Waals surface area contributed by atoms with Gasteiger partial charge in [0.15, 0.2) is 5.83 Å². The fourth-order valence-corrected chi connectivity index (χ4v) is 1.27. The standard InChI is InChI=1S/C9H14BF3O2/c1-8(2)9(3,4)15-10(14-8)5-6(11)7(12)13/h5H2,1-4H3. The van der Waals surface area contributed by atoms with Crippen LogP contribution < -0.4 is 0 Å². The van der Waals surface area contributed by atoms with E-state index in [0.717, 1.165) is 0 Å². The second kappa shape index (κ2) is 3.83. The summed E-state index contributed by atoms with van der Waals surface area (Å²) in [5.74, 6) is -1.48. The normalized spacial score (nSPS) is 23.0. The molecule has 1 aliphatic rings. The lowest BCUT2D eigenvalue weighted by molar-refractivity contribution is 0.00578. The molecule has 1 heterocycles. The summed E-state index contributed by atoms with van der Waals surface area (Å²) >= 11 is 0. The molecule has 0 aromatic heterocycles. The average Bonchev–Trinajstić information content (AvgIpc) is 2.19. The third-order valence-corrected chi connectivity index (χ3v) is 2.85. The van der Waals surface area contributed by atoms with Crippen LogP contribution in [-0.4, -0.2) is 18.3 Å². The maximum atomic E-state index is 12.7. The van der Waals surface area contributed by atoms with E-state index in [1.54, 1.807) is 27.7 Å². The highest BCUT2D eigenvalue weighted by atomic mass is 19.3. The van der Waals surface area contributed by atoms with E-state index in [2.05, 4.69) is 0 Å². The van der Waals surface area contributed by atoms with Gasteiger partial charge < -0.3 is 9.31 Å². The number of halogens is 3. The molecule has 0 aromatic carbocycles. The Morgan fingerprint density at radius 3 is 1.73 bits per heavy atom. The molecule has 0 amide bonds. The topological polar surface area (TPSA) is 18.5 Å². The zero-order valence-corrected chi connectivity index (χ0v) is 9.23. The van der Waals surface area contributed by atoms with Crippen molar-refractivity contribution < 1.29 is 22.5 Å². The van der Waals surface area contributed by atoms with E-state index in [1.807, 2.05) is 0 Å². The lowest BCUT2D eigenvalue weighted by Crippen LogP contribution is -2.41. The number of rotatable bonds is 2. The molecule has 0 aromatic rings. The van der Waals surface area contributed by atoms with Gasteiger partial charge >= 0.3 is 13.2 Å². The van der Waals surface area contributed by atoms with Gasteiger partial charge in [0.05, 0.1) is 11.2 Å². The van der Waals surface area contributed by atoms with Crippen LogP contribution in [0.4, 0.5) is 13.2 Å². The Morgan fingerprint density at radius 2 is 1.40 bits per heavy atom. The predicted molar refractivity (Wildman–Crippen MR) is 51.2 cm³/mol. The van der Waals surface area contributed by atoms with Crippen molar-refractivity contribution in [2.45, 2.75) is 45.2 Å². The minimum atomic E-state index is -2.32. The van der Waals surface area contributed by atoms with Crippen LogP contribution >= 0.6 is 0 Å². The van der Waals surface area contributed by atoms with Crippen LogP contribution in [0, 0.1) is 0 Å². The molecule has 1 saturated heterocycles. The highest BCUT2D eigenvalue weighted by molar-refractivity contribution is 6.46. The van der Waals surface area contributed by atoms with Gasteiger partial charge in [-0.15, -0.1) is 0 Å². The summed E-state index contributed by atoms with van der Waals surface area (Å²) in [6.07, 6.45) is -2.86. The molecule has 1 aliphatic heterocycles. The van der Waals surface area contributed by atoms with Crippen LogP contribution in [0.5, 0.6) is 0 Å². The Balaban J connectivity index is 2.69. The van der Waals surface area contributed by atoms with Crippen molar-refractivity contribution in [2.75, 3.05) is 0 Å². The smallest absolute Gasteiger partial charge is 0.403 e. The largest absolute Gasteiger partial charge is 0.465 e. The van der Waals surface area contributed by atoms with E-state index < -0.39 is 36.5 Å². The quantitative estimate of drug-likeness (QED) is 0.668. The summed E-state index contributed by atoms with van der Waals surface area (Å²) in [5, 5.41) is 0. The first-order chi connectivity index (χ1) is 6.66. The van der Waals surface area contributed by atoms with E-state index in [1.165, 1.54) is 0 Å². The molecule has 0 N–H and O–H groups in total. The van der Waals surface area contributed by atoms with Crippen LogP contribution in [0.2, 0.25) is 6.32 Å². The van der Waals surface area contributed by atoms with Gasteiger partial charge in [0.2, 0.25) is 0 Å². The minimum absolute atomic E-state index is 0.546. The van der Waals surface area contributed by atoms with Crippen molar-refractivity contribution >= 4 is 7.12 Å². The first-order valence-corrected chi connectivity index (χ1v) is 4.71. The van der Waals surface area contributed by atoms with Crippen LogP contribution in [-0.2, 0) is 9.31 Å². The van der Waals surface area contributed by atoms with E-state index in [0.29, 0.717) is 0 Å². The predicted octanol–water partition coefficient (Wildman–Crippen LogP) is 3.16. The number of hydrogen-bond acceptors (Lipinski definition) is 2. The second-order valence-corrected chi connectivity index (χ2v) is 4.56. The van der Waals surface area contributed by atoms with Crippen LogP contribution in [0.1, 0.15) is 27.7 Å². The fourth-order valence-electron chi connectivity index (χ4n) is 1.27. The molecule has 0 saturated carbocycles. The number of hydrogen-bond donors (Lipinski definition) is 0. The molecular weight excluding hydrogens is 208 g/mol. The second-order valence-electron chi connectivity index (χ2n) is 4.56. The Bertz CT molecular complexity index is 269. The van der Waals surface area contributed by atoms with Gasteiger partial charge in [-0.3, -0.25) is 0 Å². The fraction of sp³-hybridized carbons (Fsp3) is 0.778. The maximum Gasteiger partial charge on any atom is 0.465 e. The van der Waals surface area contributed by atoms with Crippen molar-refractivity contribution in [3.05, 3.63) is 11.9 Å². The lowest BCUT2D eigenvalue weighted by atomic mass is 9.84. The van der Waals surface area contributed by atoms with Crippen LogP contribution in [0.25, 0.3) is 0 Å². The first kappa shape index (κ1) is 12.6. The van der Waals surface area contributed by atoms with Gasteiger partial charge in [-0.1, -0.05) is 0 Å². The Morgan fingerprint density at radius 1 is 1.00 bits per heavy atom. The highest BCUT2D eigenvalue weighted by Crippen LogP contribution is 2.38. The first-order valence-electron chi connectivity index (χ1n) is 4.71. The van der Waals surface area contributed by atoms with Crippen molar-refractivity contribution in [1.29, 1.82) is 0 Å². The van der Waals surface area contributed by atoms with Crippen molar-refractivity contribution in [1.82, 2.24) is 0 Å². The molecule has 1 rings (SSSR count). The molecule has 6 heteroatoms. The molecule has 0 spiro atoms. The molecule has 1 fully saturated rings. The highest BCUT2D eigenvalue weighted by Gasteiger charge is 2.51. The SMILES string of the molecule is CC1(C)OB(CC(F)=C(F)F)OC1(C)C. The number of allylic oxidation sites excluding steroid dienone is 1. The van der Waals surface area contributed by atoms with Crippen molar-refractivity contribution in [3.8, 4) is 0 Å². The molecule has 0 radical (unpaired) electrons. The average molecular weight is 222 g/mol. The summed E-state index contributed by atoms with van der Waals surface area (Å²) < 4.78 is 47.1. The van der Waals surface area contributed by atoms with Gasteiger partial charge in [0.25, 0.3) is 0 Å². The van der Waals surface area contributed by atoms with E-state index in [4.69, 9.17) is 9.31 Å². The van der Waals surface area contributed by atoms with E-state index in [-0.39, 0.29) is 0 Å². The molecule has 0 atom stereocenters. The summed E-state index contributed by atoms with van der Waals surface area (Å²) in [4.78, 5) is 0. The summed E-state index contributed by atoms with van der Waals surface area (Å²) in [6.45, 7) is 7.11. The molecule has 15 heavy (non-hydrogen) atoms. The lowest BCUT2D eigenvalue weighted by Gasteiger charge is -2.32. The van der Waals surface area contributed by atoms with Gasteiger partial charge in [0, 0.05) is 6.32 Å². The molecular formula is C9H14BF3O2. The molecule has 2 nitrogen and oxygen atoms in total. The van der Waals surface area contributed by atoms with Gasteiger partial charge in [-0.05, 0) is 27.7 Å². The zero-order chi connectivity index (χ0) is 11.9. The Labute approximate surface area is 87.6 Å². The monoisotopic (exact) mass is 222 g/mol. The van der Waals surface area contributed by atoms with Gasteiger partial charge in [-0.2, -0.15) is 8.78 Å². The maximum absolute atomic E-state index is 12.7. The summed E-state index contributed by atoms with van der Waals surface area (Å²) in [5.41, 5.74) is -1.24. The zero-order valence-electron chi connectivity index (χ0n) is 9.23. The third-order valence-electron chi connectivity index (χ3n) is 2.85.